The van der Waals surface area contributed by atoms with E-state index in [1.165, 1.54) is 4.31 Å². The van der Waals surface area contributed by atoms with Gasteiger partial charge in [-0.15, -0.1) is 24.0 Å². The second kappa shape index (κ2) is 12.4. The minimum absolute atomic E-state index is 0. The molecule has 2 rings (SSSR count). The van der Waals surface area contributed by atoms with Crippen LogP contribution in [0.15, 0.2) is 29.3 Å². The number of piperazine rings is 1. The van der Waals surface area contributed by atoms with Gasteiger partial charge >= 0.3 is 0 Å². The minimum Gasteiger partial charge on any atom is -0.506 e. The number of anilines is 1. The van der Waals surface area contributed by atoms with Crippen molar-refractivity contribution in [2.24, 2.45) is 4.99 Å². The molecule has 2 N–H and O–H groups in total. The zero-order chi connectivity index (χ0) is 20.6. The number of nitrogens with zero attached hydrogens (tertiary/aromatic N) is 4. The van der Waals surface area contributed by atoms with Crippen LogP contribution in [0.1, 0.15) is 20.3 Å². The highest BCUT2D eigenvalue weighted by atomic mass is 127. The second-order valence-electron chi connectivity index (χ2n) is 6.77. The standard InChI is InChI=1S/C19H33N5O3S.HI/c1-4-20-19(21-11-8-12-22(3)28(26,27)5-2)24-15-13-23(14-16-24)17-9-6-7-10-18(17)25;/h6-7,9-10,25H,4-5,8,11-16H2,1-3H3,(H,20,21);1H. The SMILES string of the molecule is CCNC(=NCCCN(C)S(=O)(=O)CC)N1CCN(c2ccccc2O)CC1.I. The van der Waals surface area contributed by atoms with Crippen LogP contribution in [0.5, 0.6) is 5.75 Å². The number of halogens is 1. The normalized spacial score (nSPS) is 15.4. The van der Waals surface area contributed by atoms with E-state index >= 15 is 0 Å². The van der Waals surface area contributed by atoms with E-state index in [9.17, 15) is 13.5 Å². The molecular formula is C19H34IN5O3S. The molecule has 1 saturated heterocycles. The van der Waals surface area contributed by atoms with Crippen molar-refractivity contribution < 1.29 is 13.5 Å². The lowest BCUT2D eigenvalue weighted by molar-refractivity contribution is 0.369. The molecular weight excluding hydrogens is 505 g/mol. The Hall–Kier alpha value is -1.27. The van der Waals surface area contributed by atoms with E-state index in [0.29, 0.717) is 25.3 Å². The molecule has 29 heavy (non-hydrogen) atoms. The number of guanidine groups is 1. The van der Waals surface area contributed by atoms with Gasteiger partial charge in [0.15, 0.2) is 5.96 Å². The summed E-state index contributed by atoms with van der Waals surface area (Å²) in [6.45, 7) is 8.75. The fourth-order valence-electron chi connectivity index (χ4n) is 3.15. The Morgan fingerprint density at radius 1 is 1.21 bits per heavy atom. The molecule has 10 heteroatoms. The number of hydrogen-bond acceptors (Lipinski definition) is 5. The van der Waals surface area contributed by atoms with Crippen LogP contribution in [0.4, 0.5) is 5.69 Å². The molecule has 0 aliphatic carbocycles. The van der Waals surface area contributed by atoms with Gasteiger partial charge in [-0.2, -0.15) is 0 Å². The molecule has 8 nitrogen and oxygen atoms in total. The highest BCUT2D eigenvalue weighted by Crippen LogP contribution is 2.27. The van der Waals surface area contributed by atoms with E-state index in [-0.39, 0.29) is 29.7 Å². The van der Waals surface area contributed by atoms with Crippen LogP contribution in [0.2, 0.25) is 0 Å². The van der Waals surface area contributed by atoms with Gasteiger partial charge in [-0.25, -0.2) is 12.7 Å². The van der Waals surface area contributed by atoms with Crippen molar-refractivity contribution in [3.8, 4) is 5.75 Å². The maximum atomic E-state index is 11.8. The molecule has 1 aromatic rings. The number of rotatable bonds is 8. The molecule has 1 heterocycles. The Morgan fingerprint density at radius 3 is 2.45 bits per heavy atom. The van der Waals surface area contributed by atoms with Crippen molar-refractivity contribution >= 4 is 45.6 Å². The van der Waals surface area contributed by atoms with Crippen LogP contribution in [0.25, 0.3) is 0 Å². The number of aliphatic imine (C=N–C) groups is 1. The van der Waals surface area contributed by atoms with E-state index in [1.807, 2.05) is 25.1 Å². The summed E-state index contributed by atoms with van der Waals surface area (Å²) in [5, 5.41) is 13.4. The van der Waals surface area contributed by atoms with E-state index in [0.717, 1.165) is 44.4 Å². The van der Waals surface area contributed by atoms with Gasteiger partial charge in [-0.1, -0.05) is 12.1 Å². The molecule has 0 spiro atoms. The van der Waals surface area contributed by atoms with E-state index in [2.05, 4.69) is 20.1 Å². The third-order valence-corrected chi connectivity index (χ3v) is 6.73. The number of phenolic OH excluding ortho intramolecular Hbond substituents is 1. The van der Waals surface area contributed by atoms with Crippen LogP contribution >= 0.6 is 24.0 Å². The van der Waals surface area contributed by atoms with Gasteiger partial charge in [-0.3, -0.25) is 4.99 Å². The molecule has 1 aromatic carbocycles. The van der Waals surface area contributed by atoms with Gasteiger partial charge in [0.2, 0.25) is 10.0 Å². The summed E-state index contributed by atoms with van der Waals surface area (Å²) in [5.41, 5.74) is 0.865. The van der Waals surface area contributed by atoms with E-state index in [1.54, 1.807) is 20.0 Å². The monoisotopic (exact) mass is 539 g/mol. The molecule has 1 aliphatic rings. The Kier molecular flexibility index (Phi) is 11.0. The highest BCUT2D eigenvalue weighted by Gasteiger charge is 2.21. The van der Waals surface area contributed by atoms with Crippen LogP contribution in [0, 0.1) is 0 Å². The Bertz CT molecular complexity index is 752. The first-order valence-corrected chi connectivity index (χ1v) is 11.5. The molecule has 166 valence electrons. The third-order valence-electron chi connectivity index (χ3n) is 4.87. The summed E-state index contributed by atoms with van der Waals surface area (Å²) >= 11 is 0. The lowest BCUT2D eigenvalue weighted by atomic mass is 10.2. The number of sulfonamides is 1. The fraction of sp³-hybridized carbons (Fsp3) is 0.632. The van der Waals surface area contributed by atoms with Crippen LogP contribution < -0.4 is 10.2 Å². The van der Waals surface area contributed by atoms with Gasteiger partial charge in [0, 0.05) is 52.9 Å². The average molecular weight is 539 g/mol. The van der Waals surface area contributed by atoms with Crippen molar-refractivity contribution in [3.63, 3.8) is 0 Å². The summed E-state index contributed by atoms with van der Waals surface area (Å²) in [4.78, 5) is 9.07. The Balaban J connectivity index is 0.00000420. The minimum atomic E-state index is -3.13. The van der Waals surface area contributed by atoms with Crippen LogP contribution in [-0.4, -0.2) is 87.3 Å². The summed E-state index contributed by atoms with van der Waals surface area (Å²) in [6, 6.07) is 7.41. The van der Waals surface area contributed by atoms with Crippen molar-refractivity contribution in [1.29, 1.82) is 0 Å². The molecule has 0 aromatic heterocycles. The summed E-state index contributed by atoms with van der Waals surface area (Å²) in [5.74, 6) is 1.29. The van der Waals surface area contributed by atoms with Crippen molar-refractivity contribution in [2.75, 3.05) is 63.5 Å². The molecule has 1 fully saturated rings. The predicted molar refractivity (Wildman–Crippen MR) is 130 cm³/mol. The highest BCUT2D eigenvalue weighted by molar-refractivity contribution is 14.0. The number of para-hydroxylation sites is 2. The van der Waals surface area contributed by atoms with Gasteiger partial charge < -0.3 is 20.2 Å². The summed E-state index contributed by atoms with van der Waals surface area (Å²) < 4.78 is 25.0. The van der Waals surface area contributed by atoms with Crippen molar-refractivity contribution in [2.45, 2.75) is 20.3 Å². The molecule has 0 atom stereocenters. The topological polar surface area (TPSA) is 88.5 Å². The largest absolute Gasteiger partial charge is 0.506 e. The van der Waals surface area contributed by atoms with Crippen LogP contribution in [0.3, 0.4) is 0 Å². The van der Waals surface area contributed by atoms with E-state index < -0.39 is 10.0 Å². The first-order chi connectivity index (χ1) is 13.4. The van der Waals surface area contributed by atoms with Crippen molar-refractivity contribution in [1.82, 2.24) is 14.5 Å². The molecule has 0 radical (unpaired) electrons. The molecule has 0 bridgehead atoms. The first kappa shape index (κ1) is 25.8. The van der Waals surface area contributed by atoms with Gasteiger partial charge in [0.05, 0.1) is 11.4 Å². The fourth-order valence-corrected chi connectivity index (χ4v) is 4.00. The lowest BCUT2D eigenvalue weighted by Gasteiger charge is -2.37. The zero-order valence-electron chi connectivity index (χ0n) is 17.5. The second-order valence-corrected chi connectivity index (χ2v) is 9.14. The molecule has 0 amide bonds. The van der Waals surface area contributed by atoms with E-state index in [4.69, 9.17) is 0 Å². The predicted octanol–water partition coefficient (Wildman–Crippen LogP) is 1.77. The number of nitrogens with one attached hydrogen (secondary N) is 1. The van der Waals surface area contributed by atoms with Crippen LogP contribution in [-0.2, 0) is 10.0 Å². The zero-order valence-corrected chi connectivity index (χ0v) is 20.7. The smallest absolute Gasteiger partial charge is 0.213 e. The number of benzene rings is 1. The molecule has 0 unspecified atom stereocenters. The Labute approximate surface area is 192 Å². The number of phenols is 1. The summed E-state index contributed by atoms with van der Waals surface area (Å²) in [7, 11) is -1.52. The Morgan fingerprint density at radius 2 is 1.86 bits per heavy atom. The average Bonchev–Trinajstić information content (AvgIpc) is 2.70. The lowest BCUT2D eigenvalue weighted by Crippen LogP contribution is -2.52. The van der Waals surface area contributed by atoms with Gasteiger partial charge in [0.25, 0.3) is 0 Å². The molecule has 0 saturated carbocycles. The molecule has 1 aliphatic heterocycles. The first-order valence-electron chi connectivity index (χ1n) is 9.89. The maximum absolute atomic E-state index is 11.8. The summed E-state index contributed by atoms with van der Waals surface area (Å²) in [6.07, 6.45) is 0.683. The van der Waals surface area contributed by atoms with Crippen molar-refractivity contribution in [3.05, 3.63) is 24.3 Å². The quantitative estimate of drug-likeness (QED) is 0.227. The van der Waals surface area contributed by atoms with Gasteiger partial charge in [0.1, 0.15) is 5.75 Å². The number of aromatic hydroxyl groups is 1. The van der Waals surface area contributed by atoms with Gasteiger partial charge in [-0.05, 0) is 32.4 Å². The number of hydrogen-bond donors (Lipinski definition) is 2. The maximum Gasteiger partial charge on any atom is 0.213 e. The third kappa shape index (κ3) is 7.49.